The van der Waals surface area contributed by atoms with E-state index in [0.29, 0.717) is 17.1 Å². The number of ether oxygens (including phenoxy) is 1. The number of fused-ring (bicyclic) bond motifs is 1. The van der Waals surface area contributed by atoms with Crippen LogP contribution in [-0.2, 0) is 24.2 Å². The standard InChI is InChI=1S/C17H20ClFN4O/c18-13-3-1-4-14(19)12(13)11-22-7-6-16-20-21-17(23(16)9-8-22)15-5-2-10-24-15/h1,3-4,15H,2,5-11H2. The van der Waals surface area contributed by atoms with Gasteiger partial charge in [0.05, 0.1) is 0 Å². The zero-order valence-electron chi connectivity index (χ0n) is 13.4. The predicted molar refractivity (Wildman–Crippen MR) is 88.3 cm³/mol. The summed E-state index contributed by atoms with van der Waals surface area (Å²) in [6, 6.07) is 4.84. The van der Waals surface area contributed by atoms with Gasteiger partial charge in [-0.2, -0.15) is 0 Å². The largest absolute Gasteiger partial charge is 0.370 e. The lowest BCUT2D eigenvalue weighted by Crippen LogP contribution is -2.27. The van der Waals surface area contributed by atoms with E-state index < -0.39 is 0 Å². The van der Waals surface area contributed by atoms with E-state index in [1.807, 2.05) is 0 Å². The van der Waals surface area contributed by atoms with Gasteiger partial charge in [0.2, 0.25) is 0 Å². The topological polar surface area (TPSA) is 43.2 Å². The van der Waals surface area contributed by atoms with Gasteiger partial charge in [0.1, 0.15) is 17.7 Å². The Balaban J connectivity index is 1.49. The van der Waals surface area contributed by atoms with Crippen LogP contribution in [0.2, 0.25) is 5.02 Å². The molecule has 2 aliphatic rings. The van der Waals surface area contributed by atoms with E-state index in [1.54, 1.807) is 12.1 Å². The highest BCUT2D eigenvalue weighted by Gasteiger charge is 2.27. The summed E-state index contributed by atoms with van der Waals surface area (Å²) in [5.74, 6) is 1.68. The number of nitrogens with zero attached hydrogens (tertiary/aromatic N) is 4. The highest BCUT2D eigenvalue weighted by molar-refractivity contribution is 6.31. The third kappa shape index (κ3) is 3.06. The molecule has 2 aromatic rings. The molecule has 1 saturated heterocycles. The van der Waals surface area contributed by atoms with Crippen molar-refractivity contribution < 1.29 is 9.13 Å². The monoisotopic (exact) mass is 350 g/mol. The Kier molecular flexibility index (Phi) is 4.52. The third-order valence-corrected chi connectivity index (χ3v) is 5.16. The first-order valence-corrected chi connectivity index (χ1v) is 8.79. The van der Waals surface area contributed by atoms with Crippen LogP contribution in [0.4, 0.5) is 4.39 Å². The highest BCUT2D eigenvalue weighted by Crippen LogP contribution is 2.28. The van der Waals surface area contributed by atoms with Crippen molar-refractivity contribution in [2.75, 3.05) is 19.7 Å². The molecule has 1 unspecified atom stereocenters. The number of rotatable bonds is 3. The first-order chi connectivity index (χ1) is 11.7. The molecule has 1 atom stereocenters. The zero-order chi connectivity index (χ0) is 16.5. The number of aromatic nitrogens is 3. The van der Waals surface area contributed by atoms with Gasteiger partial charge in [0, 0.05) is 49.8 Å². The Hall–Kier alpha value is -1.50. The molecule has 0 aliphatic carbocycles. The molecule has 24 heavy (non-hydrogen) atoms. The molecule has 1 aromatic heterocycles. The second-order valence-corrected chi connectivity index (χ2v) is 6.76. The van der Waals surface area contributed by atoms with E-state index in [0.717, 1.165) is 57.2 Å². The van der Waals surface area contributed by atoms with E-state index in [1.165, 1.54) is 6.07 Å². The maximum Gasteiger partial charge on any atom is 0.162 e. The van der Waals surface area contributed by atoms with Gasteiger partial charge in [0.15, 0.2) is 5.82 Å². The second kappa shape index (κ2) is 6.78. The van der Waals surface area contributed by atoms with E-state index in [4.69, 9.17) is 16.3 Å². The van der Waals surface area contributed by atoms with Crippen molar-refractivity contribution in [3.63, 3.8) is 0 Å². The van der Waals surface area contributed by atoms with Gasteiger partial charge in [-0.15, -0.1) is 10.2 Å². The average molecular weight is 351 g/mol. The van der Waals surface area contributed by atoms with Crippen LogP contribution in [0.15, 0.2) is 18.2 Å². The molecule has 0 radical (unpaired) electrons. The van der Waals surface area contributed by atoms with Crippen LogP contribution in [0.3, 0.4) is 0 Å². The van der Waals surface area contributed by atoms with Gasteiger partial charge in [0.25, 0.3) is 0 Å². The van der Waals surface area contributed by atoms with Crippen LogP contribution >= 0.6 is 11.6 Å². The summed E-state index contributed by atoms with van der Waals surface area (Å²) in [4.78, 5) is 2.22. The van der Waals surface area contributed by atoms with Crippen LogP contribution in [0.1, 0.15) is 36.2 Å². The van der Waals surface area contributed by atoms with Crippen LogP contribution in [0, 0.1) is 5.82 Å². The van der Waals surface area contributed by atoms with E-state index in [9.17, 15) is 4.39 Å². The quantitative estimate of drug-likeness (QED) is 0.853. The van der Waals surface area contributed by atoms with Crippen molar-refractivity contribution in [2.24, 2.45) is 0 Å². The fourth-order valence-electron chi connectivity index (χ4n) is 3.47. The lowest BCUT2D eigenvalue weighted by atomic mass is 10.2. The van der Waals surface area contributed by atoms with Crippen molar-refractivity contribution >= 4 is 11.6 Å². The van der Waals surface area contributed by atoms with E-state index >= 15 is 0 Å². The fraction of sp³-hybridized carbons (Fsp3) is 0.529. The van der Waals surface area contributed by atoms with Crippen molar-refractivity contribution in [3.8, 4) is 0 Å². The summed E-state index contributed by atoms with van der Waals surface area (Å²) in [5, 5.41) is 9.18. The normalized spacial score (nSPS) is 21.7. The summed E-state index contributed by atoms with van der Waals surface area (Å²) in [7, 11) is 0. The van der Waals surface area contributed by atoms with Crippen LogP contribution < -0.4 is 0 Å². The maximum atomic E-state index is 14.0. The zero-order valence-corrected chi connectivity index (χ0v) is 14.2. The number of halogens is 2. The van der Waals surface area contributed by atoms with E-state index in [-0.39, 0.29) is 11.9 Å². The Morgan fingerprint density at radius 3 is 2.96 bits per heavy atom. The van der Waals surface area contributed by atoms with Crippen molar-refractivity contribution in [2.45, 2.75) is 38.5 Å². The molecule has 7 heteroatoms. The van der Waals surface area contributed by atoms with Gasteiger partial charge in [-0.25, -0.2) is 4.39 Å². The molecule has 0 saturated carbocycles. The van der Waals surface area contributed by atoms with Crippen molar-refractivity contribution in [3.05, 3.63) is 46.3 Å². The third-order valence-electron chi connectivity index (χ3n) is 4.81. The summed E-state index contributed by atoms with van der Waals surface area (Å²) in [5.41, 5.74) is 0.566. The number of hydrogen-bond donors (Lipinski definition) is 0. The van der Waals surface area contributed by atoms with Crippen LogP contribution in [0.5, 0.6) is 0 Å². The molecule has 1 aromatic carbocycles. The Morgan fingerprint density at radius 1 is 1.25 bits per heavy atom. The van der Waals surface area contributed by atoms with Gasteiger partial charge in [-0.05, 0) is 25.0 Å². The van der Waals surface area contributed by atoms with Gasteiger partial charge in [-0.1, -0.05) is 17.7 Å². The fourth-order valence-corrected chi connectivity index (χ4v) is 3.70. The molecule has 0 amide bonds. The minimum absolute atomic E-state index is 0.0683. The predicted octanol–water partition coefficient (Wildman–Crippen LogP) is 2.98. The van der Waals surface area contributed by atoms with Crippen molar-refractivity contribution in [1.82, 2.24) is 19.7 Å². The molecular formula is C17H20ClFN4O. The first kappa shape index (κ1) is 16.0. The number of hydrogen-bond acceptors (Lipinski definition) is 4. The Morgan fingerprint density at radius 2 is 2.17 bits per heavy atom. The molecule has 5 nitrogen and oxygen atoms in total. The molecule has 2 aliphatic heterocycles. The molecule has 4 rings (SSSR count). The smallest absolute Gasteiger partial charge is 0.162 e. The minimum atomic E-state index is -0.244. The molecule has 0 spiro atoms. The second-order valence-electron chi connectivity index (χ2n) is 6.35. The Bertz CT molecular complexity index is 709. The highest BCUT2D eigenvalue weighted by atomic mass is 35.5. The van der Waals surface area contributed by atoms with Crippen LogP contribution in [-0.4, -0.2) is 39.4 Å². The van der Waals surface area contributed by atoms with Gasteiger partial charge >= 0.3 is 0 Å². The first-order valence-electron chi connectivity index (χ1n) is 8.41. The molecule has 3 heterocycles. The van der Waals surface area contributed by atoms with Crippen LogP contribution in [0.25, 0.3) is 0 Å². The molecule has 0 bridgehead atoms. The van der Waals surface area contributed by atoms with Crippen molar-refractivity contribution in [1.29, 1.82) is 0 Å². The Labute approximate surface area is 145 Å². The van der Waals surface area contributed by atoms with Gasteiger partial charge < -0.3 is 9.30 Å². The lowest BCUT2D eigenvalue weighted by molar-refractivity contribution is 0.101. The maximum absolute atomic E-state index is 14.0. The summed E-state index contributed by atoms with van der Waals surface area (Å²) < 4.78 is 22.0. The van der Waals surface area contributed by atoms with Gasteiger partial charge in [-0.3, -0.25) is 4.90 Å². The summed E-state index contributed by atoms with van der Waals surface area (Å²) >= 11 is 6.16. The number of benzene rings is 1. The molecular weight excluding hydrogens is 331 g/mol. The van der Waals surface area contributed by atoms with E-state index in [2.05, 4.69) is 19.7 Å². The lowest BCUT2D eigenvalue weighted by Gasteiger charge is -2.21. The SMILES string of the molecule is Fc1cccc(Cl)c1CN1CCc2nnc(C3CCCO3)n2CC1. The summed E-state index contributed by atoms with van der Waals surface area (Å²) in [6.45, 7) is 3.73. The molecule has 0 N–H and O–H groups in total. The molecule has 1 fully saturated rings. The average Bonchev–Trinajstić information content (AvgIpc) is 3.18. The molecule has 128 valence electrons. The minimum Gasteiger partial charge on any atom is -0.370 e. The summed E-state index contributed by atoms with van der Waals surface area (Å²) in [6.07, 6.45) is 2.95.